The standard InChI is InChI=1S/C33H32N2O2/c1-4-11-25(12-5-1)23-36-24-30-32(37-33(34-30)28-13-6-2-7-14-28)27-20-18-26(19-21-27)31-17-10-22-35(31)29-15-8-3-9-16-29/h1-9,11-16,18-21,31,33-34H,10,17,22-24H2. The van der Waals surface area contributed by atoms with Crippen LogP contribution < -0.4 is 10.2 Å². The number of ether oxygens (including phenoxy) is 2. The third-order valence-electron chi connectivity index (χ3n) is 7.17. The SMILES string of the molecule is c1ccc(COCC2=C(c3ccc(C4CCCN4c4ccccc4)cc3)OC(c3ccccc3)N2)cc1. The lowest BCUT2D eigenvalue weighted by atomic mass is 10.0. The predicted molar refractivity (Wildman–Crippen MR) is 149 cm³/mol. The lowest BCUT2D eigenvalue weighted by Gasteiger charge is -2.27. The van der Waals surface area contributed by atoms with E-state index < -0.39 is 0 Å². The van der Waals surface area contributed by atoms with Crippen molar-refractivity contribution in [2.75, 3.05) is 18.1 Å². The van der Waals surface area contributed by atoms with E-state index in [1.54, 1.807) is 0 Å². The number of hydrogen-bond donors (Lipinski definition) is 1. The van der Waals surface area contributed by atoms with Crippen molar-refractivity contribution in [3.05, 3.63) is 143 Å². The molecule has 2 aliphatic rings. The summed E-state index contributed by atoms with van der Waals surface area (Å²) in [5.41, 5.74) is 6.94. The van der Waals surface area contributed by atoms with E-state index in [0.29, 0.717) is 19.3 Å². The average molecular weight is 489 g/mol. The lowest BCUT2D eigenvalue weighted by Crippen LogP contribution is -2.22. The number of hydrogen-bond acceptors (Lipinski definition) is 4. The summed E-state index contributed by atoms with van der Waals surface area (Å²) in [5.74, 6) is 0.861. The molecule has 0 radical (unpaired) electrons. The van der Waals surface area contributed by atoms with Crippen molar-refractivity contribution in [2.45, 2.75) is 31.7 Å². The highest BCUT2D eigenvalue weighted by Crippen LogP contribution is 2.38. The molecule has 1 fully saturated rings. The van der Waals surface area contributed by atoms with Gasteiger partial charge in [-0.3, -0.25) is 0 Å². The zero-order chi connectivity index (χ0) is 24.9. The van der Waals surface area contributed by atoms with Crippen molar-refractivity contribution in [1.82, 2.24) is 5.32 Å². The number of anilines is 1. The second kappa shape index (κ2) is 10.9. The fraction of sp³-hybridized carbons (Fsp3) is 0.212. The minimum Gasteiger partial charge on any atom is -0.464 e. The van der Waals surface area contributed by atoms with Crippen LogP contribution in [0.2, 0.25) is 0 Å². The summed E-state index contributed by atoms with van der Waals surface area (Å²) in [5, 5.41) is 3.56. The molecule has 0 amide bonds. The van der Waals surface area contributed by atoms with Crippen LogP contribution in [0.15, 0.2) is 121 Å². The van der Waals surface area contributed by atoms with Gasteiger partial charge >= 0.3 is 0 Å². The van der Waals surface area contributed by atoms with Gasteiger partial charge in [-0.1, -0.05) is 103 Å². The topological polar surface area (TPSA) is 33.7 Å². The maximum Gasteiger partial charge on any atom is 0.196 e. The average Bonchev–Trinajstić information content (AvgIpc) is 3.63. The lowest BCUT2D eigenvalue weighted by molar-refractivity contribution is 0.135. The predicted octanol–water partition coefficient (Wildman–Crippen LogP) is 7.23. The molecule has 2 heterocycles. The maximum atomic E-state index is 6.48. The molecule has 186 valence electrons. The molecule has 4 aromatic carbocycles. The minimum absolute atomic E-state index is 0.227. The zero-order valence-electron chi connectivity index (χ0n) is 20.9. The third kappa shape index (κ3) is 5.25. The van der Waals surface area contributed by atoms with Crippen LogP contribution in [0.1, 0.15) is 47.4 Å². The van der Waals surface area contributed by atoms with Gasteiger partial charge in [-0.25, -0.2) is 0 Å². The second-order valence-electron chi connectivity index (χ2n) is 9.65. The second-order valence-corrected chi connectivity index (χ2v) is 9.65. The van der Waals surface area contributed by atoms with E-state index in [1.165, 1.54) is 24.1 Å². The Morgan fingerprint density at radius 3 is 2.14 bits per heavy atom. The van der Waals surface area contributed by atoms with Crippen LogP contribution in [0.4, 0.5) is 5.69 Å². The molecule has 2 unspecified atom stereocenters. The summed E-state index contributed by atoms with van der Waals surface area (Å²) in [7, 11) is 0. The van der Waals surface area contributed by atoms with E-state index in [-0.39, 0.29) is 6.23 Å². The van der Waals surface area contributed by atoms with Crippen molar-refractivity contribution in [3.63, 3.8) is 0 Å². The van der Waals surface area contributed by atoms with Crippen molar-refractivity contribution in [2.24, 2.45) is 0 Å². The molecule has 37 heavy (non-hydrogen) atoms. The summed E-state index contributed by atoms with van der Waals surface area (Å²) in [6.45, 7) is 2.11. The number of para-hydroxylation sites is 1. The summed E-state index contributed by atoms with van der Waals surface area (Å²) < 4.78 is 12.6. The van der Waals surface area contributed by atoms with E-state index in [2.05, 4.69) is 89.1 Å². The smallest absolute Gasteiger partial charge is 0.196 e. The van der Waals surface area contributed by atoms with Gasteiger partial charge in [0, 0.05) is 23.4 Å². The van der Waals surface area contributed by atoms with Crippen molar-refractivity contribution >= 4 is 11.4 Å². The van der Waals surface area contributed by atoms with Gasteiger partial charge < -0.3 is 19.7 Å². The number of rotatable bonds is 8. The molecule has 4 nitrogen and oxygen atoms in total. The van der Waals surface area contributed by atoms with Gasteiger partial charge in [0.2, 0.25) is 0 Å². The van der Waals surface area contributed by atoms with E-state index >= 15 is 0 Å². The van der Waals surface area contributed by atoms with Crippen LogP contribution in [0.3, 0.4) is 0 Å². The number of nitrogens with one attached hydrogen (secondary N) is 1. The van der Waals surface area contributed by atoms with E-state index in [4.69, 9.17) is 9.47 Å². The van der Waals surface area contributed by atoms with Crippen LogP contribution in [0.5, 0.6) is 0 Å². The highest BCUT2D eigenvalue weighted by molar-refractivity contribution is 5.65. The fourth-order valence-corrected chi connectivity index (χ4v) is 5.31. The molecule has 0 aliphatic carbocycles. The Bertz CT molecular complexity index is 1320. The Morgan fingerprint density at radius 2 is 1.41 bits per heavy atom. The van der Waals surface area contributed by atoms with Gasteiger partial charge in [-0.2, -0.15) is 0 Å². The van der Waals surface area contributed by atoms with Crippen LogP contribution in [-0.2, 0) is 16.1 Å². The van der Waals surface area contributed by atoms with Gasteiger partial charge in [0.05, 0.1) is 25.0 Å². The largest absolute Gasteiger partial charge is 0.464 e. The van der Waals surface area contributed by atoms with Gasteiger partial charge in [-0.05, 0) is 36.1 Å². The molecule has 0 saturated carbocycles. The Balaban J connectivity index is 1.22. The molecular formula is C33H32N2O2. The van der Waals surface area contributed by atoms with E-state index in [1.807, 2.05) is 36.4 Å². The van der Waals surface area contributed by atoms with E-state index in [0.717, 1.165) is 34.7 Å². The summed E-state index contributed by atoms with van der Waals surface area (Å²) in [4.78, 5) is 2.52. The van der Waals surface area contributed by atoms with E-state index in [9.17, 15) is 0 Å². The molecule has 1 N–H and O–H groups in total. The molecule has 0 bridgehead atoms. The number of nitrogens with zero attached hydrogens (tertiary/aromatic N) is 1. The van der Waals surface area contributed by atoms with Crippen LogP contribution in [-0.4, -0.2) is 13.2 Å². The molecule has 2 atom stereocenters. The maximum absolute atomic E-state index is 6.48. The highest BCUT2D eigenvalue weighted by Gasteiger charge is 2.29. The molecule has 0 spiro atoms. The van der Waals surface area contributed by atoms with Crippen molar-refractivity contribution in [3.8, 4) is 0 Å². The first kappa shape index (κ1) is 23.4. The van der Waals surface area contributed by atoms with Crippen LogP contribution in [0, 0.1) is 0 Å². The molecule has 1 saturated heterocycles. The van der Waals surface area contributed by atoms with Gasteiger partial charge in [-0.15, -0.1) is 0 Å². The first-order chi connectivity index (χ1) is 18.3. The zero-order valence-corrected chi connectivity index (χ0v) is 20.9. The van der Waals surface area contributed by atoms with Crippen molar-refractivity contribution in [1.29, 1.82) is 0 Å². The van der Waals surface area contributed by atoms with Gasteiger partial charge in [0.25, 0.3) is 0 Å². The molecule has 2 aliphatic heterocycles. The summed E-state index contributed by atoms with van der Waals surface area (Å²) in [6, 6.07) is 40.6. The van der Waals surface area contributed by atoms with Crippen LogP contribution >= 0.6 is 0 Å². The first-order valence-electron chi connectivity index (χ1n) is 13.1. The summed E-state index contributed by atoms with van der Waals surface area (Å²) >= 11 is 0. The molecule has 4 aromatic rings. The monoisotopic (exact) mass is 488 g/mol. The molecule has 0 aromatic heterocycles. The first-order valence-corrected chi connectivity index (χ1v) is 13.1. The Hall–Kier alpha value is -4.02. The Labute approximate surface area is 219 Å². The normalized spacial score (nSPS) is 19.1. The molecular weight excluding hydrogens is 456 g/mol. The highest BCUT2D eigenvalue weighted by atomic mass is 16.5. The molecule has 4 heteroatoms. The Morgan fingerprint density at radius 1 is 0.730 bits per heavy atom. The number of benzene rings is 4. The van der Waals surface area contributed by atoms with Crippen LogP contribution in [0.25, 0.3) is 5.76 Å². The van der Waals surface area contributed by atoms with Gasteiger partial charge in [0.15, 0.2) is 12.0 Å². The quantitative estimate of drug-likeness (QED) is 0.284. The van der Waals surface area contributed by atoms with Crippen molar-refractivity contribution < 1.29 is 9.47 Å². The Kier molecular flexibility index (Phi) is 6.91. The minimum atomic E-state index is -0.227. The fourth-order valence-electron chi connectivity index (χ4n) is 5.31. The van der Waals surface area contributed by atoms with Gasteiger partial charge in [0.1, 0.15) is 0 Å². The third-order valence-corrected chi connectivity index (χ3v) is 7.17. The molecule has 6 rings (SSSR count). The summed E-state index contributed by atoms with van der Waals surface area (Å²) in [6.07, 6.45) is 2.15.